The molecule has 3 rings (SSSR count). The van der Waals surface area contributed by atoms with E-state index in [-0.39, 0.29) is 18.8 Å². The van der Waals surface area contributed by atoms with Crippen molar-refractivity contribution in [2.75, 3.05) is 20.3 Å². The number of nitrogens with zero attached hydrogens (tertiary/aromatic N) is 1. The van der Waals surface area contributed by atoms with Crippen molar-refractivity contribution in [3.05, 3.63) is 60.4 Å². The molecular formula is C19H18N2O4. The smallest absolute Gasteiger partial charge is 0.294 e. The number of hydrogen-bond donors (Lipinski definition) is 2. The van der Waals surface area contributed by atoms with E-state index in [4.69, 9.17) is 9.84 Å². The molecule has 0 aliphatic carbocycles. The predicted octanol–water partition coefficient (Wildman–Crippen LogP) is 1.91. The molecule has 0 atom stereocenters. The molecule has 3 aromatic rings. The van der Waals surface area contributed by atoms with Gasteiger partial charge in [0.1, 0.15) is 11.4 Å². The van der Waals surface area contributed by atoms with Gasteiger partial charge in [0.2, 0.25) is 0 Å². The summed E-state index contributed by atoms with van der Waals surface area (Å²) in [5, 5.41) is 11.2. The van der Waals surface area contributed by atoms with Gasteiger partial charge in [-0.2, -0.15) is 0 Å². The number of aliphatic hydroxyl groups is 1. The number of aliphatic hydroxyl groups excluding tert-OH is 1. The van der Waals surface area contributed by atoms with E-state index in [1.54, 1.807) is 35.9 Å². The Morgan fingerprint density at radius 1 is 1.16 bits per heavy atom. The second-order valence-electron chi connectivity index (χ2n) is 5.44. The fourth-order valence-corrected chi connectivity index (χ4v) is 2.70. The van der Waals surface area contributed by atoms with Crippen molar-refractivity contribution in [3.8, 4) is 16.9 Å². The Morgan fingerprint density at radius 2 is 1.92 bits per heavy atom. The molecular weight excluding hydrogens is 320 g/mol. The molecule has 2 N–H and O–H groups in total. The zero-order valence-corrected chi connectivity index (χ0v) is 13.7. The standard InChI is InChI=1S/C19H18N2O4/c1-25-15-7-5-13(6-8-15)16-12-14-4-2-3-10-21(14)17(16)18(23)19(24)20-9-11-22/h2-8,10,12,22H,9,11H2,1H3,(H,20,24). The summed E-state index contributed by atoms with van der Waals surface area (Å²) in [6.45, 7) is -0.189. The maximum absolute atomic E-state index is 12.7. The predicted molar refractivity (Wildman–Crippen MR) is 93.8 cm³/mol. The number of carbonyl (C=O) groups is 2. The zero-order chi connectivity index (χ0) is 17.8. The van der Waals surface area contributed by atoms with Gasteiger partial charge in [0.25, 0.3) is 11.7 Å². The monoisotopic (exact) mass is 338 g/mol. The molecule has 0 saturated heterocycles. The van der Waals surface area contributed by atoms with Gasteiger partial charge < -0.3 is 19.6 Å². The molecule has 0 spiro atoms. The van der Waals surface area contributed by atoms with E-state index in [2.05, 4.69) is 5.32 Å². The Kier molecular flexibility index (Phi) is 4.81. The molecule has 0 bridgehead atoms. The Bertz CT molecular complexity index is 913. The number of hydrogen-bond acceptors (Lipinski definition) is 4. The summed E-state index contributed by atoms with van der Waals surface area (Å²) >= 11 is 0. The molecule has 0 saturated carbocycles. The first-order chi connectivity index (χ1) is 12.2. The molecule has 2 aromatic heterocycles. The minimum atomic E-state index is -0.743. The first-order valence-electron chi connectivity index (χ1n) is 7.83. The van der Waals surface area contributed by atoms with Crippen LogP contribution in [0.1, 0.15) is 10.5 Å². The summed E-state index contributed by atoms with van der Waals surface area (Å²) in [5.74, 6) is -0.681. The first-order valence-corrected chi connectivity index (χ1v) is 7.83. The van der Waals surface area contributed by atoms with Gasteiger partial charge in [-0.1, -0.05) is 18.2 Å². The fraction of sp³-hybridized carbons (Fsp3) is 0.158. The van der Waals surface area contributed by atoms with Crippen molar-refractivity contribution < 1.29 is 19.4 Å². The second kappa shape index (κ2) is 7.19. The van der Waals surface area contributed by atoms with Crippen molar-refractivity contribution >= 4 is 17.2 Å². The molecule has 0 unspecified atom stereocenters. The van der Waals surface area contributed by atoms with Crippen LogP contribution in [0.5, 0.6) is 5.75 Å². The van der Waals surface area contributed by atoms with Crippen LogP contribution in [0.2, 0.25) is 0 Å². The van der Waals surface area contributed by atoms with E-state index in [1.807, 2.05) is 30.3 Å². The van der Waals surface area contributed by atoms with E-state index in [1.165, 1.54) is 0 Å². The van der Waals surface area contributed by atoms with Crippen LogP contribution in [-0.2, 0) is 4.79 Å². The number of ketones is 1. The lowest BCUT2D eigenvalue weighted by Gasteiger charge is -2.07. The van der Waals surface area contributed by atoms with Crippen molar-refractivity contribution in [2.45, 2.75) is 0 Å². The fourth-order valence-electron chi connectivity index (χ4n) is 2.70. The lowest BCUT2D eigenvalue weighted by atomic mass is 10.0. The second-order valence-corrected chi connectivity index (χ2v) is 5.44. The van der Waals surface area contributed by atoms with E-state index in [0.29, 0.717) is 11.3 Å². The number of amides is 1. The molecule has 25 heavy (non-hydrogen) atoms. The number of rotatable bonds is 6. The number of ether oxygens (including phenoxy) is 1. The highest BCUT2D eigenvalue weighted by Gasteiger charge is 2.24. The van der Waals surface area contributed by atoms with Crippen molar-refractivity contribution in [2.24, 2.45) is 0 Å². The summed E-state index contributed by atoms with van der Waals surface area (Å²) in [5.41, 5.74) is 2.57. The Balaban J connectivity index is 2.11. The highest BCUT2D eigenvalue weighted by molar-refractivity contribution is 6.43. The number of Topliss-reactive ketones (excluding diaryl/α,β-unsaturated/α-hetero) is 1. The maximum atomic E-state index is 12.7. The number of fused-ring (bicyclic) bond motifs is 1. The Morgan fingerprint density at radius 3 is 2.60 bits per heavy atom. The summed E-state index contributed by atoms with van der Waals surface area (Å²) in [7, 11) is 1.59. The summed E-state index contributed by atoms with van der Waals surface area (Å²) in [4.78, 5) is 24.8. The van der Waals surface area contributed by atoms with Gasteiger partial charge in [0, 0.05) is 23.8 Å². The van der Waals surface area contributed by atoms with Gasteiger partial charge in [-0.25, -0.2) is 0 Å². The van der Waals surface area contributed by atoms with Gasteiger partial charge in [0.05, 0.1) is 13.7 Å². The summed E-state index contributed by atoms with van der Waals surface area (Å²) in [6, 6.07) is 14.7. The van der Waals surface area contributed by atoms with E-state index in [0.717, 1.165) is 11.1 Å². The molecule has 6 heteroatoms. The van der Waals surface area contributed by atoms with Gasteiger partial charge in [-0.3, -0.25) is 9.59 Å². The highest BCUT2D eigenvalue weighted by atomic mass is 16.5. The lowest BCUT2D eigenvalue weighted by molar-refractivity contribution is -0.117. The molecule has 0 radical (unpaired) electrons. The SMILES string of the molecule is COc1ccc(-c2cc3ccccn3c2C(=O)C(=O)NCCO)cc1. The third-order valence-electron chi connectivity index (χ3n) is 3.90. The molecule has 0 fully saturated rings. The van der Waals surface area contributed by atoms with Gasteiger partial charge in [-0.15, -0.1) is 0 Å². The number of aromatic nitrogens is 1. The average molecular weight is 338 g/mol. The number of carbonyl (C=O) groups excluding carboxylic acids is 2. The Hall–Kier alpha value is -3.12. The molecule has 2 heterocycles. The van der Waals surface area contributed by atoms with Gasteiger partial charge in [0.15, 0.2) is 0 Å². The number of pyridine rings is 1. The van der Waals surface area contributed by atoms with Gasteiger partial charge >= 0.3 is 0 Å². The molecule has 0 aliphatic heterocycles. The van der Waals surface area contributed by atoms with Gasteiger partial charge in [-0.05, 0) is 35.9 Å². The van der Waals surface area contributed by atoms with Crippen molar-refractivity contribution in [1.29, 1.82) is 0 Å². The average Bonchev–Trinajstić information content (AvgIpc) is 3.05. The van der Waals surface area contributed by atoms with E-state index < -0.39 is 11.7 Å². The largest absolute Gasteiger partial charge is 0.497 e. The lowest BCUT2D eigenvalue weighted by Crippen LogP contribution is -2.33. The number of methoxy groups -OCH3 is 1. The number of benzene rings is 1. The minimum absolute atomic E-state index is 0.0335. The first kappa shape index (κ1) is 16.7. The number of nitrogens with one attached hydrogen (secondary N) is 1. The van der Waals surface area contributed by atoms with E-state index in [9.17, 15) is 9.59 Å². The molecule has 1 amide bonds. The summed E-state index contributed by atoms with van der Waals surface area (Å²) < 4.78 is 6.86. The molecule has 128 valence electrons. The zero-order valence-electron chi connectivity index (χ0n) is 13.7. The molecule has 1 aromatic carbocycles. The van der Waals surface area contributed by atoms with Crippen LogP contribution >= 0.6 is 0 Å². The Labute approximate surface area is 144 Å². The van der Waals surface area contributed by atoms with Crippen molar-refractivity contribution in [3.63, 3.8) is 0 Å². The van der Waals surface area contributed by atoms with E-state index >= 15 is 0 Å². The van der Waals surface area contributed by atoms with Crippen molar-refractivity contribution in [1.82, 2.24) is 9.72 Å². The summed E-state index contributed by atoms with van der Waals surface area (Å²) in [6.07, 6.45) is 1.74. The van der Waals surface area contributed by atoms with Crippen LogP contribution in [0.4, 0.5) is 0 Å². The van der Waals surface area contributed by atoms with Crippen LogP contribution in [0, 0.1) is 0 Å². The topological polar surface area (TPSA) is 80.0 Å². The van der Waals surface area contributed by atoms with Crippen LogP contribution in [0.3, 0.4) is 0 Å². The molecule has 0 aliphatic rings. The maximum Gasteiger partial charge on any atom is 0.294 e. The highest BCUT2D eigenvalue weighted by Crippen LogP contribution is 2.29. The third-order valence-corrected chi connectivity index (χ3v) is 3.90. The minimum Gasteiger partial charge on any atom is -0.497 e. The quantitative estimate of drug-likeness (QED) is 0.531. The van der Waals surface area contributed by atoms with Crippen LogP contribution in [0.15, 0.2) is 54.7 Å². The van der Waals surface area contributed by atoms with Crippen LogP contribution in [0.25, 0.3) is 16.6 Å². The van der Waals surface area contributed by atoms with Crippen LogP contribution in [-0.4, -0.2) is 41.5 Å². The molecule has 6 nitrogen and oxygen atoms in total. The normalized spacial score (nSPS) is 10.6. The third kappa shape index (κ3) is 3.25. The van der Waals surface area contributed by atoms with Crippen LogP contribution < -0.4 is 10.1 Å².